The molecule has 0 atom stereocenters. The largest absolute Gasteiger partial charge is 0.489 e. The lowest BCUT2D eigenvalue weighted by molar-refractivity contribution is 0.0595. The molecule has 2 aliphatic heterocycles. The maximum absolute atomic E-state index is 13.7. The number of pyridine rings is 1. The number of benzene rings is 1. The standard InChI is InChI=1S/C24H26N4O4/c29-24(28-11-8-19(9-12-28)31-20-7-4-10-25-17-20)21-22(18-5-2-1-3-6-18)32-26-23(21)27-13-15-30-16-14-27/h1-7,10,17,19H,8-9,11-16H2. The van der Waals surface area contributed by atoms with E-state index in [4.69, 9.17) is 14.0 Å². The SMILES string of the molecule is O=C(c1c(N2CCOCC2)noc1-c1ccccc1)N1CCC(Oc2cccnc2)CC1. The first-order chi connectivity index (χ1) is 15.8. The third-order valence-corrected chi connectivity index (χ3v) is 5.90. The van der Waals surface area contributed by atoms with Gasteiger partial charge in [0, 0.05) is 50.8 Å². The van der Waals surface area contributed by atoms with Gasteiger partial charge >= 0.3 is 0 Å². The third-order valence-electron chi connectivity index (χ3n) is 5.90. The first kappa shape index (κ1) is 20.5. The third kappa shape index (κ3) is 4.31. The minimum Gasteiger partial charge on any atom is -0.489 e. The number of morpholine rings is 1. The highest BCUT2D eigenvalue weighted by molar-refractivity contribution is 6.04. The zero-order valence-electron chi connectivity index (χ0n) is 17.9. The Kier molecular flexibility index (Phi) is 6.02. The van der Waals surface area contributed by atoms with Gasteiger partial charge in [-0.15, -0.1) is 0 Å². The summed E-state index contributed by atoms with van der Waals surface area (Å²) in [5, 5.41) is 4.32. The molecule has 2 saturated heterocycles. The van der Waals surface area contributed by atoms with E-state index < -0.39 is 0 Å². The van der Waals surface area contributed by atoms with Crippen molar-refractivity contribution in [2.24, 2.45) is 0 Å². The maximum Gasteiger partial charge on any atom is 0.261 e. The number of nitrogens with zero attached hydrogens (tertiary/aromatic N) is 4. The maximum atomic E-state index is 13.7. The topological polar surface area (TPSA) is 80.9 Å². The van der Waals surface area contributed by atoms with Crippen LogP contribution in [0.25, 0.3) is 11.3 Å². The minimum absolute atomic E-state index is 0.0496. The number of piperidine rings is 1. The van der Waals surface area contributed by atoms with E-state index in [1.54, 1.807) is 12.4 Å². The Morgan fingerprint density at radius 3 is 2.50 bits per heavy atom. The van der Waals surface area contributed by atoms with Crippen LogP contribution in [0.2, 0.25) is 0 Å². The van der Waals surface area contributed by atoms with Gasteiger partial charge in [0.2, 0.25) is 0 Å². The predicted octanol–water partition coefficient (Wildman–Crippen LogP) is 3.26. The van der Waals surface area contributed by atoms with Gasteiger partial charge in [0.25, 0.3) is 5.91 Å². The Bertz CT molecular complexity index is 1030. The molecule has 166 valence electrons. The van der Waals surface area contributed by atoms with Gasteiger partial charge in [-0.2, -0.15) is 0 Å². The van der Waals surface area contributed by atoms with Crippen LogP contribution in [0.3, 0.4) is 0 Å². The summed E-state index contributed by atoms with van der Waals surface area (Å²) in [5.41, 5.74) is 1.38. The molecule has 3 aromatic rings. The minimum atomic E-state index is -0.0496. The highest BCUT2D eigenvalue weighted by Crippen LogP contribution is 2.33. The molecule has 1 aromatic carbocycles. The van der Waals surface area contributed by atoms with Crippen molar-refractivity contribution in [1.29, 1.82) is 0 Å². The number of rotatable bonds is 5. The van der Waals surface area contributed by atoms with Crippen molar-refractivity contribution < 1.29 is 18.8 Å². The molecule has 0 aliphatic carbocycles. The number of carbonyl (C=O) groups excluding carboxylic acids is 1. The average Bonchev–Trinajstić information content (AvgIpc) is 3.31. The number of hydrogen-bond acceptors (Lipinski definition) is 7. The molecule has 2 aliphatic rings. The summed E-state index contributed by atoms with van der Waals surface area (Å²) in [5.74, 6) is 1.83. The van der Waals surface area contributed by atoms with Crippen LogP contribution in [0, 0.1) is 0 Å². The number of ether oxygens (including phenoxy) is 2. The quantitative estimate of drug-likeness (QED) is 0.610. The van der Waals surface area contributed by atoms with Crippen LogP contribution in [0.5, 0.6) is 5.75 Å². The molecule has 5 rings (SSSR count). The van der Waals surface area contributed by atoms with Crippen molar-refractivity contribution >= 4 is 11.7 Å². The molecule has 8 heteroatoms. The van der Waals surface area contributed by atoms with Gasteiger partial charge in [0.1, 0.15) is 17.4 Å². The monoisotopic (exact) mass is 434 g/mol. The molecule has 0 N–H and O–H groups in total. The van der Waals surface area contributed by atoms with Crippen LogP contribution in [0.4, 0.5) is 5.82 Å². The van der Waals surface area contributed by atoms with E-state index in [2.05, 4.69) is 15.0 Å². The zero-order valence-corrected chi connectivity index (χ0v) is 17.9. The van der Waals surface area contributed by atoms with Crippen molar-refractivity contribution in [3.63, 3.8) is 0 Å². The van der Waals surface area contributed by atoms with Crippen molar-refractivity contribution in [1.82, 2.24) is 15.0 Å². The van der Waals surface area contributed by atoms with Gasteiger partial charge < -0.3 is 23.8 Å². The molecule has 0 unspecified atom stereocenters. The van der Waals surface area contributed by atoms with Gasteiger partial charge in [-0.05, 0) is 12.1 Å². The molecular formula is C24H26N4O4. The Hall–Kier alpha value is -3.39. The fourth-order valence-corrected chi connectivity index (χ4v) is 4.20. The first-order valence-electron chi connectivity index (χ1n) is 11.0. The highest BCUT2D eigenvalue weighted by atomic mass is 16.5. The number of hydrogen-bond donors (Lipinski definition) is 0. The fraction of sp³-hybridized carbons (Fsp3) is 0.375. The second kappa shape index (κ2) is 9.40. The summed E-state index contributed by atoms with van der Waals surface area (Å²) in [6.45, 7) is 3.82. The predicted molar refractivity (Wildman–Crippen MR) is 119 cm³/mol. The molecule has 8 nitrogen and oxygen atoms in total. The van der Waals surface area contributed by atoms with Gasteiger partial charge in [0.05, 0.1) is 19.4 Å². The van der Waals surface area contributed by atoms with E-state index in [1.165, 1.54) is 0 Å². The number of anilines is 1. The summed E-state index contributed by atoms with van der Waals surface area (Å²) >= 11 is 0. The van der Waals surface area contributed by atoms with Crippen LogP contribution in [0.15, 0.2) is 59.4 Å². The van der Waals surface area contributed by atoms with Crippen LogP contribution in [0.1, 0.15) is 23.2 Å². The first-order valence-corrected chi connectivity index (χ1v) is 11.0. The molecule has 2 aromatic heterocycles. The number of carbonyl (C=O) groups is 1. The van der Waals surface area contributed by atoms with E-state index in [-0.39, 0.29) is 12.0 Å². The number of amides is 1. The summed E-state index contributed by atoms with van der Waals surface area (Å²) in [6, 6.07) is 13.4. The molecule has 32 heavy (non-hydrogen) atoms. The van der Waals surface area contributed by atoms with E-state index >= 15 is 0 Å². The molecule has 4 heterocycles. The fourth-order valence-electron chi connectivity index (χ4n) is 4.20. The summed E-state index contributed by atoms with van der Waals surface area (Å²) in [6.07, 6.45) is 5.04. The molecule has 0 radical (unpaired) electrons. The van der Waals surface area contributed by atoms with Gasteiger partial charge in [-0.25, -0.2) is 0 Å². The van der Waals surface area contributed by atoms with E-state index in [9.17, 15) is 4.79 Å². The van der Waals surface area contributed by atoms with Crippen molar-refractivity contribution in [3.8, 4) is 17.1 Å². The number of aromatic nitrogens is 2. The van der Waals surface area contributed by atoms with Crippen molar-refractivity contribution in [2.75, 3.05) is 44.3 Å². The summed E-state index contributed by atoms with van der Waals surface area (Å²) in [4.78, 5) is 21.8. The normalized spacial score (nSPS) is 17.4. The summed E-state index contributed by atoms with van der Waals surface area (Å²) < 4.78 is 17.2. The lowest BCUT2D eigenvalue weighted by Crippen LogP contribution is -2.43. The highest BCUT2D eigenvalue weighted by Gasteiger charge is 2.33. The van der Waals surface area contributed by atoms with Crippen LogP contribution in [-0.4, -0.2) is 66.4 Å². The number of likely N-dealkylation sites (tertiary alicyclic amines) is 1. The van der Waals surface area contributed by atoms with E-state index in [0.29, 0.717) is 56.5 Å². The van der Waals surface area contributed by atoms with Gasteiger partial charge in [0.15, 0.2) is 11.6 Å². The zero-order chi connectivity index (χ0) is 21.8. The molecule has 1 amide bonds. The Morgan fingerprint density at radius 1 is 1.00 bits per heavy atom. The lowest BCUT2D eigenvalue weighted by Gasteiger charge is -2.33. The smallest absolute Gasteiger partial charge is 0.261 e. The second-order valence-electron chi connectivity index (χ2n) is 7.97. The van der Waals surface area contributed by atoms with E-state index in [0.717, 1.165) is 24.2 Å². The van der Waals surface area contributed by atoms with Crippen molar-refractivity contribution in [3.05, 3.63) is 60.4 Å². The van der Waals surface area contributed by atoms with Crippen LogP contribution >= 0.6 is 0 Å². The molecule has 0 saturated carbocycles. The Labute approximate surface area is 186 Å². The molecular weight excluding hydrogens is 408 g/mol. The lowest BCUT2D eigenvalue weighted by atomic mass is 10.0. The van der Waals surface area contributed by atoms with Crippen molar-refractivity contribution in [2.45, 2.75) is 18.9 Å². The average molecular weight is 434 g/mol. The Morgan fingerprint density at radius 2 is 1.78 bits per heavy atom. The van der Waals surface area contributed by atoms with Crippen LogP contribution in [-0.2, 0) is 4.74 Å². The van der Waals surface area contributed by atoms with Crippen LogP contribution < -0.4 is 9.64 Å². The molecule has 0 spiro atoms. The molecule has 0 bridgehead atoms. The Balaban J connectivity index is 1.36. The van der Waals surface area contributed by atoms with Gasteiger partial charge in [-0.1, -0.05) is 35.5 Å². The van der Waals surface area contributed by atoms with Gasteiger partial charge in [-0.3, -0.25) is 9.78 Å². The second-order valence-corrected chi connectivity index (χ2v) is 7.97. The summed E-state index contributed by atoms with van der Waals surface area (Å²) in [7, 11) is 0. The molecule has 2 fully saturated rings. The van der Waals surface area contributed by atoms with E-state index in [1.807, 2.05) is 47.4 Å².